The van der Waals surface area contributed by atoms with E-state index in [-0.39, 0.29) is 18.0 Å². The molecule has 0 radical (unpaired) electrons. The Labute approximate surface area is 115 Å². The number of aromatic nitrogens is 1. The molecule has 108 valence electrons. The SMILES string of the molecule is CCN(C(=O)c1cc(N)cn1C(C)C)C(C)COC. The van der Waals surface area contributed by atoms with Crippen LogP contribution in [0.4, 0.5) is 5.69 Å². The van der Waals surface area contributed by atoms with Crippen LogP contribution in [0.15, 0.2) is 12.3 Å². The second-order valence-electron chi connectivity index (χ2n) is 5.06. The number of nitrogen functional groups attached to an aromatic ring is 1. The van der Waals surface area contributed by atoms with Crippen molar-refractivity contribution in [1.82, 2.24) is 9.47 Å². The third-order valence-corrected chi connectivity index (χ3v) is 3.19. The molecule has 0 saturated heterocycles. The Bertz CT molecular complexity index is 426. The van der Waals surface area contributed by atoms with Gasteiger partial charge in [0, 0.05) is 25.9 Å². The number of hydrogen-bond donors (Lipinski definition) is 1. The van der Waals surface area contributed by atoms with Gasteiger partial charge in [-0.2, -0.15) is 0 Å². The molecule has 19 heavy (non-hydrogen) atoms. The van der Waals surface area contributed by atoms with E-state index < -0.39 is 0 Å². The van der Waals surface area contributed by atoms with E-state index in [0.717, 1.165) is 0 Å². The molecule has 0 aromatic carbocycles. The van der Waals surface area contributed by atoms with E-state index >= 15 is 0 Å². The number of ether oxygens (including phenoxy) is 1. The van der Waals surface area contributed by atoms with Crippen LogP contribution in [0.1, 0.15) is 44.2 Å². The highest BCUT2D eigenvalue weighted by Gasteiger charge is 2.23. The van der Waals surface area contributed by atoms with Crippen molar-refractivity contribution in [1.29, 1.82) is 0 Å². The average Bonchev–Trinajstić information content (AvgIpc) is 2.72. The molecule has 1 heterocycles. The summed E-state index contributed by atoms with van der Waals surface area (Å²) in [4.78, 5) is 14.4. The van der Waals surface area contributed by atoms with Crippen molar-refractivity contribution in [3.63, 3.8) is 0 Å². The van der Waals surface area contributed by atoms with E-state index in [0.29, 0.717) is 24.5 Å². The van der Waals surface area contributed by atoms with Crippen LogP contribution in [0, 0.1) is 0 Å². The van der Waals surface area contributed by atoms with Gasteiger partial charge in [0.05, 0.1) is 18.3 Å². The van der Waals surface area contributed by atoms with E-state index in [4.69, 9.17) is 10.5 Å². The molecule has 2 N–H and O–H groups in total. The van der Waals surface area contributed by atoms with Gasteiger partial charge in [-0.3, -0.25) is 4.79 Å². The predicted molar refractivity (Wildman–Crippen MR) is 77.3 cm³/mol. The van der Waals surface area contributed by atoms with Gasteiger partial charge in [-0.15, -0.1) is 0 Å². The van der Waals surface area contributed by atoms with E-state index in [1.54, 1.807) is 18.1 Å². The topological polar surface area (TPSA) is 60.5 Å². The van der Waals surface area contributed by atoms with E-state index in [2.05, 4.69) is 0 Å². The molecular weight excluding hydrogens is 242 g/mol. The largest absolute Gasteiger partial charge is 0.397 e. The van der Waals surface area contributed by atoms with E-state index in [9.17, 15) is 4.79 Å². The molecule has 1 aromatic heterocycles. The third kappa shape index (κ3) is 3.50. The number of methoxy groups -OCH3 is 1. The summed E-state index contributed by atoms with van der Waals surface area (Å²) in [5, 5.41) is 0. The van der Waals surface area contributed by atoms with Gasteiger partial charge in [0.25, 0.3) is 5.91 Å². The highest BCUT2D eigenvalue weighted by Crippen LogP contribution is 2.19. The van der Waals surface area contributed by atoms with Gasteiger partial charge in [-0.25, -0.2) is 0 Å². The zero-order valence-corrected chi connectivity index (χ0v) is 12.5. The van der Waals surface area contributed by atoms with Crippen molar-refractivity contribution in [2.45, 2.75) is 39.8 Å². The Kier molecular flexibility index (Phi) is 5.42. The Morgan fingerprint density at radius 2 is 2.11 bits per heavy atom. The number of nitrogens with two attached hydrogens (primary N) is 1. The Hall–Kier alpha value is -1.49. The molecule has 1 unspecified atom stereocenters. The van der Waals surface area contributed by atoms with Gasteiger partial charge in [0.2, 0.25) is 0 Å². The molecule has 0 aliphatic carbocycles. The van der Waals surface area contributed by atoms with Gasteiger partial charge in [0.15, 0.2) is 0 Å². The van der Waals surface area contributed by atoms with Crippen LogP contribution in [0.3, 0.4) is 0 Å². The maximum absolute atomic E-state index is 12.6. The van der Waals surface area contributed by atoms with Gasteiger partial charge in [-0.05, 0) is 33.8 Å². The molecule has 0 aliphatic rings. The quantitative estimate of drug-likeness (QED) is 0.859. The van der Waals surface area contributed by atoms with Crippen LogP contribution in [-0.2, 0) is 4.74 Å². The van der Waals surface area contributed by atoms with Crippen LogP contribution in [0.2, 0.25) is 0 Å². The average molecular weight is 267 g/mol. The van der Waals surface area contributed by atoms with Crippen molar-refractivity contribution in [3.8, 4) is 0 Å². The Morgan fingerprint density at radius 1 is 1.47 bits per heavy atom. The molecule has 1 atom stereocenters. The first kappa shape index (κ1) is 15.6. The van der Waals surface area contributed by atoms with Gasteiger partial charge >= 0.3 is 0 Å². The highest BCUT2D eigenvalue weighted by atomic mass is 16.5. The summed E-state index contributed by atoms with van der Waals surface area (Å²) in [5.74, 6) is -0.00236. The van der Waals surface area contributed by atoms with E-state index in [1.807, 2.05) is 38.5 Å². The first-order valence-electron chi connectivity index (χ1n) is 6.69. The summed E-state index contributed by atoms with van der Waals surface area (Å²) in [5.41, 5.74) is 7.07. The molecule has 1 amide bonds. The van der Waals surface area contributed by atoms with Crippen LogP contribution in [0.25, 0.3) is 0 Å². The summed E-state index contributed by atoms with van der Waals surface area (Å²) in [6, 6.07) is 1.98. The molecule has 0 spiro atoms. The number of amides is 1. The van der Waals surface area contributed by atoms with Gasteiger partial charge in [-0.1, -0.05) is 0 Å². The Balaban J connectivity index is 3.03. The molecule has 0 fully saturated rings. The smallest absolute Gasteiger partial charge is 0.270 e. The minimum atomic E-state index is -0.00236. The molecule has 1 aromatic rings. The van der Waals surface area contributed by atoms with E-state index in [1.165, 1.54) is 0 Å². The number of anilines is 1. The molecule has 0 bridgehead atoms. The third-order valence-electron chi connectivity index (χ3n) is 3.19. The Morgan fingerprint density at radius 3 is 2.58 bits per heavy atom. The van der Waals surface area contributed by atoms with Crippen molar-refractivity contribution >= 4 is 11.6 Å². The molecule has 0 aliphatic heterocycles. The maximum Gasteiger partial charge on any atom is 0.270 e. The van der Waals surface area contributed by atoms with Crippen LogP contribution in [0.5, 0.6) is 0 Å². The first-order chi connectivity index (χ1) is 8.92. The van der Waals surface area contributed by atoms with Crippen molar-refractivity contribution in [2.24, 2.45) is 0 Å². The fourth-order valence-electron chi connectivity index (χ4n) is 2.23. The molecule has 1 rings (SSSR count). The minimum Gasteiger partial charge on any atom is -0.397 e. The molecule has 5 heteroatoms. The first-order valence-corrected chi connectivity index (χ1v) is 6.69. The number of carbonyl (C=O) groups is 1. The van der Waals surface area contributed by atoms with Crippen LogP contribution >= 0.6 is 0 Å². The van der Waals surface area contributed by atoms with Crippen molar-refractivity contribution < 1.29 is 9.53 Å². The number of hydrogen-bond acceptors (Lipinski definition) is 3. The minimum absolute atomic E-state index is 0.00236. The van der Waals surface area contributed by atoms with Crippen LogP contribution < -0.4 is 5.73 Å². The second kappa shape index (κ2) is 6.61. The zero-order valence-electron chi connectivity index (χ0n) is 12.5. The van der Waals surface area contributed by atoms with Crippen LogP contribution in [-0.4, -0.2) is 41.7 Å². The summed E-state index contributed by atoms with van der Waals surface area (Å²) in [6.07, 6.45) is 1.81. The maximum atomic E-state index is 12.6. The predicted octanol–water partition coefficient (Wildman–Crippen LogP) is 2.15. The fourth-order valence-corrected chi connectivity index (χ4v) is 2.23. The molecular formula is C14H25N3O2. The van der Waals surface area contributed by atoms with Gasteiger partial charge in [0.1, 0.15) is 5.69 Å². The standard InChI is InChI=1S/C14H25N3O2/c1-6-16(11(4)9-19-5)14(18)13-7-12(15)8-17(13)10(2)3/h7-8,10-11H,6,9,15H2,1-5H3. The summed E-state index contributed by atoms with van der Waals surface area (Å²) in [7, 11) is 1.64. The van der Waals surface area contributed by atoms with Crippen molar-refractivity contribution in [2.75, 3.05) is 26.0 Å². The summed E-state index contributed by atoms with van der Waals surface area (Å²) < 4.78 is 7.05. The lowest BCUT2D eigenvalue weighted by Crippen LogP contribution is -2.41. The zero-order chi connectivity index (χ0) is 14.6. The number of likely N-dealkylation sites (N-methyl/N-ethyl adjacent to an activating group) is 1. The normalized spacial score (nSPS) is 12.7. The molecule has 5 nitrogen and oxygen atoms in total. The summed E-state index contributed by atoms with van der Waals surface area (Å²) in [6.45, 7) is 9.19. The number of nitrogens with zero attached hydrogens (tertiary/aromatic N) is 2. The summed E-state index contributed by atoms with van der Waals surface area (Å²) >= 11 is 0. The lowest BCUT2D eigenvalue weighted by molar-refractivity contribution is 0.0567. The lowest BCUT2D eigenvalue weighted by atomic mass is 10.2. The number of carbonyl (C=O) groups excluding carboxylic acids is 1. The lowest BCUT2D eigenvalue weighted by Gasteiger charge is -2.28. The second-order valence-corrected chi connectivity index (χ2v) is 5.06. The number of rotatable bonds is 6. The van der Waals surface area contributed by atoms with Gasteiger partial charge < -0.3 is 19.9 Å². The monoisotopic (exact) mass is 267 g/mol. The molecule has 0 saturated carbocycles. The van der Waals surface area contributed by atoms with Crippen molar-refractivity contribution in [3.05, 3.63) is 18.0 Å². The highest BCUT2D eigenvalue weighted by molar-refractivity contribution is 5.94. The fraction of sp³-hybridized carbons (Fsp3) is 0.643.